The molecule has 1 atom stereocenters. The van der Waals surface area contributed by atoms with Crippen LogP contribution in [-0.4, -0.2) is 35.2 Å². The van der Waals surface area contributed by atoms with Crippen molar-refractivity contribution in [1.82, 2.24) is 5.32 Å². The second-order valence-electron chi connectivity index (χ2n) is 5.83. The maximum Gasteiger partial charge on any atom is 0.318 e. The minimum atomic E-state index is -1.39. The molecular weight excluding hydrogens is 246 g/mol. The van der Waals surface area contributed by atoms with Crippen molar-refractivity contribution in [2.75, 3.05) is 6.61 Å². The van der Waals surface area contributed by atoms with Gasteiger partial charge in [-0.1, -0.05) is 13.8 Å². The Bertz CT molecular complexity index is 347. The van der Waals surface area contributed by atoms with E-state index in [9.17, 15) is 9.59 Å². The first-order valence-electron chi connectivity index (χ1n) is 6.95. The molecule has 1 amide bonds. The van der Waals surface area contributed by atoms with Crippen molar-refractivity contribution in [1.29, 1.82) is 0 Å². The summed E-state index contributed by atoms with van der Waals surface area (Å²) in [5.41, 5.74) is -1.57. The third-order valence-electron chi connectivity index (χ3n) is 4.22. The number of amides is 1. The Morgan fingerprint density at radius 1 is 1.37 bits per heavy atom. The molecule has 1 rings (SSSR count). The zero-order chi connectivity index (χ0) is 14.7. The molecule has 0 aromatic carbocycles. The Kier molecular flexibility index (Phi) is 4.96. The summed E-state index contributed by atoms with van der Waals surface area (Å²) in [7, 11) is 0. The number of hydrogen-bond donors (Lipinski definition) is 2. The number of aliphatic carboxylic acids is 1. The van der Waals surface area contributed by atoms with Crippen molar-refractivity contribution in [2.45, 2.75) is 65.0 Å². The van der Waals surface area contributed by atoms with Crippen molar-refractivity contribution in [3.05, 3.63) is 0 Å². The topological polar surface area (TPSA) is 75.6 Å². The van der Waals surface area contributed by atoms with Crippen molar-refractivity contribution < 1.29 is 19.4 Å². The number of carboxylic acid groups (broad SMARTS) is 1. The number of carboxylic acids is 1. The van der Waals surface area contributed by atoms with E-state index in [0.29, 0.717) is 6.61 Å². The van der Waals surface area contributed by atoms with E-state index in [4.69, 9.17) is 9.84 Å². The number of rotatable bonds is 5. The van der Waals surface area contributed by atoms with Gasteiger partial charge in [-0.05, 0) is 39.5 Å². The molecule has 0 radical (unpaired) electrons. The average Bonchev–Trinajstić information content (AvgIpc) is 2.38. The smallest absolute Gasteiger partial charge is 0.318 e. The predicted octanol–water partition coefficient (Wildman–Crippen LogP) is 1.95. The molecule has 1 aliphatic rings. The van der Waals surface area contributed by atoms with Gasteiger partial charge in [0.05, 0.1) is 5.60 Å². The number of nitrogens with one attached hydrogen (secondary N) is 1. The van der Waals surface area contributed by atoms with Crippen LogP contribution in [0.4, 0.5) is 0 Å². The monoisotopic (exact) mass is 271 g/mol. The first-order valence-corrected chi connectivity index (χ1v) is 6.95. The van der Waals surface area contributed by atoms with E-state index in [2.05, 4.69) is 19.2 Å². The van der Waals surface area contributed by atoms with Gasteiger partial charge in [0.15, 0.2) is 0 Å². The number of ether oxygens (including phenoxy) is 1. The van der Waals surface area contributed by atoms with Crippen LogP contribution in [0.1, 0.15) is 53.4 Å². The molecule has 19 heavy (non-hydrogen) atoms. The lowest BCUT2D eigenvalue weighted by atomic mass is 9.85. The maximum atomic E-state index is 12.0. The van der Waals surface area contributed by atoms with Crippen molar-refractivity contribution in [3.63, 3.8) is 0 Å². The zero-order valence-corrected chi connectivity index (χ0v) is 12.3. The Morgan fingerprint density at radius 3 is 2.42 bits per heavy atom. The molecular formula is C14H25NO4. The van der Waals surface area contributed by atoms with Crippen molar-refractivity contribution in [2.24, 2.45) is 5.41 Å². The summed E-state index contributed by atoms with van der Waals surface area (Å²) in [4.78, 5) is 23.1. The van der Waals surface area contributed by atoms with Crippen LogP contribution in [0.25, 0.3) is 0 Å². The van der Waals surface area contributed by atoms with E-state index in [1.54, 1.807) is 0 Å². The number of carbonyl (C=O) groups excluding carboxylic acids is 1. The lowest BCUT2D eigenvalue weighted by Gasteiger charge is -2.40. The van der Waals surface area contributed by atoms with Crippen LogP contribution in [-0.2, 0) is 14.3 Å². The summed E-state index contributed by atoms with van der Waals surface area (Å²) in [6, 6.07) is -0.000208. The van der Waals surface area contributed by atoms with E-state index in [1.807, 2.05) is 0 Å². The van der Waals surface area contributed by atoms with Crippen LogP contribution in [0.15, 0.2) is 0 Å². The Labute approximate surface area is 114 Å². The fourth-order valence-electron chi connectivity index (χ4n) is 2.36. The largest absolute Gasteiger partial charge is 0.480 e. The quantitative estimate of drug-likeness (QED) is 0.749. The molecule has 0 aromatic heterocycles. The summed E-state index contributed by atoms with van der Waals surface area (Å²) in [5.74, 6) is -1.53. The lowest BCUT2D eigenvalue weighted by Crippen LogP contribution is -2.52. The third kappa shape index (κ3) is 3.47. The fourth-order valence-corrected chi connectivity index (χ4v) is 2.36. The summed E-state index contributed by atoms with van der Waals surface area (Å²) in [6.45, 7) is 7.62. The molecule has 1 fully saturated rings. The van der Waals surface area contributed by atoms with Crippen LogP contribution in [0.2, 0.25) is 0 Å². The summed E-state index contributed by atoms with van der Waals surface area (Å²) in [6.07, 6.45) is 3.29. The Hall–Kier alpha value is -1.10. The minimum Gasteiger partial charge on any atom is -0.480 e. The zero-order valence-electron chi connectivity index (χ0n) is 12.3. The van der Waals surface area contributed by atoms with E-state index in [0.717, 1.165) is 25.7 Å². The molecule has 5 heteroatoms. The van der Waals surface area contributed by atoms with Gasteiger partial charge < -0.3 is 15.2 Å². The van der Waals surface area contributed by atoms with Gasteiger partial charge in [0.25, 0.3) is 0 Å². The molecule has 1 aliphatic heterocycles. The number of hydrogen-bond acceptors (Lipinski definition) is 3. The highest BCUT2D eigenvalue weighted by molar-refractivity contribution is 6.01. The van der Waals surface area contributed by atoms with Crippen LogP contribution in [0.5, 0.6) is 0 Å². The van der Waals surface area contributed by atoms with Crippen LogP contribution >= 0.6 is 0 Å². The molecule has 0 aromatic rings. The Balaban J connectivity index is 2.68. The molecule has 0 aliphatic carbocycles. The molecule has 110 valence electrons. The standard InChI is InChI=1S/C14H25NO4/c1-5-14(6-2)9-10(7-8-19-14)15-11(16)13(3,4)12(17)18/h10H,5-9H2,1-4H3,(H,15,16)(H,17,18). The van der Waals surface area contributed by atoms with Crippen LogP contribution < -0.4 is 5.32 Å². The van der Waals surface area contributed by atoms with Crippen LogP contribution in [0, 0.1) is 5.41 Å². The van der Waals surface area contributed by atoms with Gasteiger partial charge in [0, 0.05) is 12.6 Å². The van der Waals surface area contributed by atoms with Gasteiger partial charge in [0.2, 0.25) is 5.91 Å². The maximum absolute atomic E-state index is 12.0. The highest BCUT2D eigenvalue weighted by Gasteiger charge is 2.40. The molecule has 0 saturated carbocycles. The van der Waals surface area contributed by atoms with Crippen LogP contribution in [0.3, 0.4) is 0 Å². The SMILES string of the molecule is CCC1(CC)CC(NC(=O)C(C)(C)C(=O)O)CCO1. The van der Waals surface area contributed by atoms with E-state index in [-0.39, 0.29) is 11.6 Å². The highest BCUT2D eigenvalue weighted by Crippen LogP contribution is 2.31. The van der Waals surface area contributed by atoms with Gasteiger partial charge in [0.1, 0.15) is 5.41 Å². The second-order valence-corrected chi connectivity index (χ2v) is 5.83. The molecule has 0 bridgehead atoms. The van der Waals surface area contributed by atoms with Crippen molar-refractivity contribution >= 4 is 11.9 Å². The summed E-state index contributed by atoms with van der Waals surface area (Å²) < 4.78 is 5.84. The average molecular weight is 271 g/mol. The normalized spacial score (nSPS) is 22.8. The molecule has 0 spiro atoms. The second kappa shape index (κ2) is 5.90. The van der Waals surface area contributed by atoms with Gasteiger partial charge in [-0.25, -0.2) is 0 Å². The fraction of sp³-hybridized carbons (Fsp3) is 0.857. The first-order chi connectivity index (χ1) is 8.77. The molecule has 5 nitrogen and oxygen atoms in total. The van der Waals surface area contributed by atoms with E-state index < -0.39 is 17.3 Å². The Morgan fingerprint density at radius 2 is 1.95 bits per heavy atom. The van der Waals surface area contributed by atoms with Gasteiger partial charge >= 0.3 is 5.97 Å². The molecule has 1 saturated heterocycles. The van der Waals surface area contributed by atoms with E-state index >= 15 is 0 Å². The van der Waals surface area contributed by atoms with Gasteiger partial charge in [-0.15, -0.1) is 0 Å². The third-order valence-corrected chi connectivity index (χ3v) is 4.22. The molecule has 1 heterocycles. The predicted molar refractivity (Wildman–Crippen MR) is 71.8 cm³/mol. The lowest BCUT2D eigenvalue weighted by molar-refractivity contribution is -0.154. The molecule has 2 N–H and O–H groups in total. The van der Waals surface area contributed by atoms with E-state index in [1.165, 1.54) is 13.8 Å². The van der Waals surface area contributed by atoms with Gasteiger partial charge in [-0.2, -0.15) is 0 Å². The minimum absolute atomic E-state index is 0.000208. The number of carbonyl (C=O) groups is 2. The van der Waals surface area contributed by atoms with Crippen molar-refractivity contribution in [3.8, 4) is 0 Å². The summed E-state index contributed by atoms with van der Waals surface area (Å²) >= 11 is 0. The first kappa shape index (κ1) is 16.0. The summed E-state index contributed by atoms with van der Waals surface area (Å²) in [5, 5.41) is 11.9. The molecule has 1 unspecified atom stereocenters. The highest BCUT2D eigenvalue weighted by atomic mass is 16.5. The van der Waals surface area contributed by atoms with Gasteiger partial charge in [-0.3, -0.25) is 9.59 Å².